The number of aryl methyl sites for hydroxylation is 2. The molecule has 2 unspecified atom stereocenters. The zero-order valence-corrected chi connectivity index (χ0v) is 13.7. The van der Waals surface area contributed by atoms with Gasteiger partial charge in [-0.05, 0) is 56.4 Å². The van der Waals surface area contributed by atoms with Gasteiger partial charge in [0.15, 0.2) is 0 Å². The number of rotatable bonds is 2. The topological polar surface area (TPSA) is 37.8 Å². The van der Waals surface area contributed by atoms with Crippen molar-refractivity contribution in [3.63, 3.8) is 0 Å². The van der Waals surface area contributed by atoms with Gasteiger partial charge in [-0.25, -0.2) is 9.97 Å². The van der Waals surface area contributed by atoms with Gasteiger partial charge in [-0.15, -0.1) is 11.3 Å². The zero-order chi connectivity index (χ0) is 14.4. The SMILES string of the molecule is CNc1nc(C2CCC(C)C2)nc2sc3c(c12)CCCC3. The van der Waals surface area contributed by atoms with Crippen LogP contribution in [0.1, 0.15) is 61.2 Å². The van der Waals surface area contributed by atoms with E-state index in [-0.39, 0.29) is 0 Å². The lowest BCUT2D eigenvalue weighted by atomic mass is 9.97. The molecule has 0 radical (unpaired) electrons. The molecule has 112 valence electrons. The zero-order valence-electron chi connectivity index (χ0n) is 12.9. The van der Waals surface area contributed by atoms with Crippen LogP contribution in [0.3, 0.4) is 0 Å². The highest BCUT2D eigenvalue weighted by Crippen LogP contribution is 2.41. The molecule has 0 saturated heterocycles. The number of nitrogens with one attached hydrogen (secondary N) is 1. The second kappa shape index (κ2) is 5.24. The Hall–Kier alpha value is -1.16. The van der Waals surface area contributed by atoms with Crippen LogP contribution in [0.15, 0.2) is 0 Å². The minimum Gasteiger partial charge on any atom is -0.372 e. The highest BCUT2D eigenvalue weighted by molar-refractivity contribution is 7.19. The van der Waals surface area contributed by atoms with Gasteiger partial charge >= 0.3 is 0 Å². The van der Waals surface area contributed by atoms with Gasteiger partial charge in [-0.3, -0.25) is 0 Å². The van der Waals surface area contributed by atoms with Crippen LogP contribution in [0.2, 0.25) is 0 Å². The van der Waals surface area contributed by atoms with Gasteiger partial charge in [0.05, 0.1) is 5.39 Å². The van der Waals surface area contributed by atoms with Crippen molar-refractivity contribution in [1.82, 2.24) is 9.97 Å². The number of aromatic nitrogens is 2. The molecule has 0 aliphatic heterocycles. The van der Waals surface area contributed by atoms with Gasteiger partial charge < -0.3 is 5.32 Å². The maximum atomic E-state index is 4.97. The molecule has 1 saturated carbocycles. The maximum Gasteiger partial charge on any atom is 0.138 e. The van der Waals surface area contributed by atoms with Crippen LogP contribution in [0, 0.1) is 5.92 Å². The smallest absolute Gasteiger partial charge is 0.138 e. The molecule has 3 nitrogen and oxygen atoms in total. The third-order valence-electron chi connectivity index (χ3n) is 5.13. The predicted octanol–water partition coefficient (Wildman–Crippen LogP) is 4.52. The van der Waals surface area contributed by atoms with Gasteiger partial charge in [0.1, 0.15) is 16.5 Å². The summed E-state index contributed by atoms with van der Waals surface area (Å²) in [6.07, 6.45) is 8.89. The van der Waals surface area contributed by atoms with Crippen LogP contribution in [0.5, 0.6) is 0 Å². The molecular weight excluding hydrogens is 278 g/mol. The molecule has 21 heavy (non-hydrogen) atoms. The Balaban J connectivity index is 1.84. The van der Waals surface area contributed by atoms with Crippen molar-refractivity contribution in [3.05, 3.63) is 16.3 Å². The Morgan fingerprint density at radius 1 is 1.14 bits per heavy atom. The Bertz CT molecular complexity index is 676. The van der Waals surface area contributed by atoms with Crippen LogP contribution in [0.4, 0.5) is 5.82 Å². The summed E-state index contributed by atoms with van der Waals surface area (Å²) in [4.78, 5) is 12.6. The van der Waals surface area contributed by atoms with Crippen molar-refractivity contribution >= 4 is 27.4 Å². The quantitative estimate of drug-likeness (QED) is 0.886. The highest BCUT2D eigenvalue weighted by atomic mass is 32.1. The van der Waals surface area contributed by atoms with E-state index in [0.29, 0.717) is 5.92 Å². The summed E-state index contributed by atoms with van der Waals surface area (Å²) in [6.45, 7) is 2.35. The highest BCUT2D eigenvalue weighted by Gasteiger charge is 2.27. The molecule has 2 aliphatic rings. The van der Waals surface area contributed by atoms with Crippen LogP contribution in [-0.2, 0) is 12.8 Å². The minimum absolute atomic E-state index is 0.565. The molecule has 4 heteroatoms. The number of hydrogen-bond donors (Lipinski definition) is 1. The standard InChI is InChI=1S/C17H23N3S/c1-10-7-8-11(9-10)15-19-16(18-2)14-12-5-3-4-6-13(12)21-17(14)20-15/h10-11H,3-9H2,1-2H3,(H,18,19,20). The Kier molecular flexibility index (Phi) is 3.37. The lowest BCUT2D eigenvalue weighted by Gasteiger charge is -2.13. The number of fused-ring (bicyclic) bond motifs is 3. The summed E-state index contributed by atoms with van der Waals surface area (Å²) in [7, 11) is 2.00. The third kappa shape index (κ3) is 2.24. The van der Waals surface area contributed by atoms with Gasteiger partial charge in [0.25, 0.3) is 0 Å². The average molecular weight is 301 g/mol. The first-order chi connectivity index (χ1) is 10.3. The molecule has 0 amide bonds. The van der Waals surface area contributed by atoms with E-state index >= 15 is 0 Å². The normalized spacial score (nSPS) is 25.2. The Morgan fingerprint density at radius 2 is 2.00 bits per heavy atom. The second-order valence-corrected chi connectivity index (χ2v) is 7.77. The monoisotopic (exact) mass is 301 g/mol. The fourth-order valence-electron chi connectivity index (χ4n) is 3.98. The lowest BCUT2D eigenvalue weighted by molar-refractivity contribution is 0.587. The van der Waals surface area contributed by atoms with Crippen molar-refractivity contribution in [1.29, 1.82) is 0 Å². The molecule has 1 fully saturated rings. The largest absolute Gasteiger partial charge is 0.372 e. The van der Waals surface area contributed by atoms with Crippen LogP contribution in [0.25, 0.3) is 10.2 Å². The molecule has 0 spiro atoms. The summed E-state index contributed by atoms with van der Waals surface area (Å²) < 4.78 is 0. The predicted molar refractivity (Wildman–Crippen MR) is 89.4 cm³/mol. The molecular formula is C17H23N3S. The summed E-state index contributed by atoms with van der Waals surface area (Å²) >= 11 is 1.91. The Morgan fingerprint density at radius 3 is 2.76 bits per heavy atom. The number of thiophene rings is 1. The van der Waals surface area contributed by atoms with E-state index in [1.165, 1.54) is 60.7 Å². The van der Waals surface area contributed by atoms with Gasteiger partial charge in [-0.1, -0.05) is 6.92 Å². The summed E-state index contributed by atoms with van der Waals surface area (Å²) in [5.74, 6) is 3.53. The van der Waals surface area contributed by atoms with Crippen LogP contribution >= 0.6 is 11.3 Å². The van der Waals surface area contributed by atoms with Crippen molar-refractivity contribution < 1.29 is 0 Å². The fraction of sp³-hybridized carbons (Fsp3) is 0.647. The minimum atomic E-state index is 0.565. The van der Waals surface area contributed by atoms with E-state index in [4.69, 9.17) is 9.97 Å². The molecule has 0 aromatic carbocycles. The third-order valence-corrected chi connectivity index (χ3v) is 6.31. The summed E-state index contributed by atoms with van der Waals surface area (Å²) in [6, 6.07) is 0. The van der Waals surface area contributed by atoms with Crippen molar-refractivity contribution in [2.75, 3.05) is 12.4 Å². The molecule has 2 heterocycles. The molecule has 4 rings (SSSR count). The van der Waals surface area contributed by atoms with E-state index in [1.54, 1.807) is 4.88 Å². The molecule has 2 aromatic rings. The molecule has 2 aromatic heterocycles. The first-order valence-electron chi connectivity index (χ1n) is 8.26. The van der Waals surface area contributed by atoms with E-state index < -0.39 is 0 Å². The van der Waals surface area contributed by atoms with Crippen molar-refractivity contribution in [2.24, 2.45) is 5.92 Å². The van der Waals surface area contributed by atoms with Gasteiger partial charge in [0.2, 0.25) is 0 Å². The van der Waals surface area contributed by atoms with E-state index in [1.807, 2.05) is 18.4 Å². The first kappa shape index (κ1) is 13.5. The van der Waals surface area contributed by atoms with E-state index in [0.717, 1.165) is 17.6 Å². The van der Waals surface area contributed by atoms with Crippen LogP contribution in [-0.4, -0.2) is 17.0 Å². The van der Waals surface area contributed by atoms with E-state index in [9.17, 15) is 0 Å². The van der Waals surface area contributed by atoms with Gasteiger partial charge in [-0.2, -0.15) is 0 Å². The fourth-order valence-corrected chi connectivity index (χ4v) is 5.25. The van der Waals surface area contributed by atoms with Crippen LogP contribution < -0.4 is 5.32 Å². The molecule has 0 bridgehead atoms. The van der Waals surface area contributed by atoms with Crippen molar-refractivity contribution in [3.8, 4) is 0 Å². The number of hydrogen-bond acceptors (Lipinski definition) is 4. The van der Waals surface area contributed by atoms with Crippen molar-refractivity contribution in [2.45, 2.75) is 57.8 Å². The molecule has 2 atom stereocenters. The molecule has 2 aliphatic carbocycles. The first-order valence-corrected chi connectivity index (χ1v) is 9.08. The average Bonchev–Trinajstić information content (AvgIpc) is 3.09. The summed E-state index contributed by atoms with van der Waals surface area (Å²) in [5, 5.41) is 4.65. The van der Waals surface area contributed by atoms with Gasteiger partial charge in [0, 0.05) is 17.8 Å². The molecule has 1 N–H and O–H groups in total. The second-order valence-electron chi connectivity index (χ2n) is 6.69. The maximum absolute atomic E-state index is 4.97. The number of nitrogens with zero attached hydrogens (tertiary/aromatic N) is 2. The van der Waals surface area contributed by atoms with E-state index in [2.05, 4.69) is 12.2 Å². The Labute approximate surface area is 130 Å². The summed E-state index contributed by atoms with van der Waals surface area (Å²) in [5.41, 5.74) is 1.52. The lowest BCUT2D eigenvalue weighted by Crippen LogP contribution is -2.06. The number of anilines is 1.